The Labute approximate surface area is 154 Å². The lowest BCUT2D eigenvalue weighted by atomic mass is 10.1. The molecule has 0 unspecified atom stereocenters. The molecule has 2 N–H and O–H groups in total. The van der Waals surface area contributed by atoms with Crippen molar-refractivity contribution in [3.8, 4) is 12.3 Å². The van der Waals surface area contributed by atoms with E-state index >= 15 is 0 Å². The third-order valence-corrected chi connectivity index (χ3v) is 4.59. The normalized spacial score (nSPS) is 18.2. The van der Waals surface area contributed by atoms with Crippen LogP contribution in [0, 0.1) is 12.3 Å². The summed E-state index contributed by atoms with van der Waals surface area (Å²) < 4.78 is 0. The number of terminal acetylenes is 1. The maximum atomic E-state index is 12.1. The number of nitrogens with zero attached hydrogens (tertiary/aromatic N) is 1. The monoisotopic (exact) mass is 355 g/mol. The lowest BCUT2D eigenvalue weighted by Gasteiger charge is -2.22. The van der Waals surface area contributed by atoms with E-state index in [1.165, 1.54) is 0 Å². The van der Waals surface area contributed by atoms with E-state index < -0.39 is 12.1 Å². The summed E-state index contributed by atoms with van der Waals surface area (Å²) in [5.41, 5.74) is 1.25. The number of aliphatic hydroxyl groups excluding tert-OH is 1. The Bertz CT molecular complexity index is 687. The Morgan fingerprint density at radius 1 is 1.38 bits per heavy atom. The number of hydrogen-bond donors (Lipinski definition) is 2. The molecule has 1 fully saturated rings. The van der Waals surface area contributed by atoms with E-state index in [1.807, 2.05) is 11.0 Å². The highest BCUT2D eigenvalue weighted by Gasteiger charge is 2.28. The molecule has 1 saturated heterocycles. The van der Waals surface area contributed by atoms with Crippen molar-refractivity contribution in [2.75, 3.05) is 6.54 Å². The molecule has 5 heteroatoms. The fourth-order valence-electron chi connectivity index (χ4n) is 3.08. The van der Waals surface area contributed by atoms with E-state index in [4.69, 9.17) is 11.5 Å². The molecule has 0 aromatic heterocycles. The van der Waals surface area contributed by atoms with E-state index in [1.54, 1.807) is 30.3 Å². The fraction of sp³-hybridized carbons (Fsp3) is 0.429. The van der Waals surface area contributed by atoms with Gasteiger partial charge >= 0.3 is 5.97 Å². The van der Waals surface area contributed by atoms with Gasteiger partial charge in [0.1, 0.15) is 0 Å². The molecule has 1 aromatic carbocycles. The minimum atomic E-state index is -0.947. The van der Waals surface area contributed by atoms with Crippen LogP contribution in [0.15, 0.2) is 36.4 Å². The lowest BCUT2D eigenvalue weighted by molar-refractivity contribution is -0.128. The van der Waals surface area contributed by atoms with Crippen molar-refractivity contribution < 1.29 is 19.8 Å². The van der Waals surface area contributed by atoms with Crippen LogP contribution in [0.3, 0.4) is 0 Å². The molecule has 26 heavy (non-hydrogen) atoms. The molecule has 1 aliphatic heterocycles. The van der Waals surface area contributed by atoms with Crippen LogP contribution in [0.25, 0.3) is 0 Å². The van der Waals surface area contributed by atoms with Crippen molar-refractivity contribution >= 4 is 11.9 Å². The van der Waals surface area contributed by atoms with E-state index in [9.17, 15) is 14.7 Å². The average molecular weight is 355 g/mol. The topological polar surface area (TPSA) is 77.8 Å². The van der Waals surface area contributed by atoms with Gasteiger partial charge < -0.3 is 15.1 Å². The van der Waals surface area contributed by atoms with E-state index in [0.717, 1.165) is 18.4 Å². The van der Waals surface area contributed by atoms with Gasteiger partial charge in [0.15, 0.2) is 0 Å². The number of aliphatic hydroxyl groups is 1. The minimum Gasteiger partial charge on any atom is -0.478 e. The van der Waals surface area contributed by atoms with Crippen LogP contribution < -0.4 is 0 Å². The smallest absolute Gasteiger partial charge is 0.335 e. The first-order valence-electron chi connectivity index (χ1n) is 8.93. The second kappa shape index (κ2) is 9.79. The predicted molar refractivity (Wildman–Crippen MR) is 99.7 cm³/mol. The molecule has 0 saturated carbocycles. The summed E-state index contributed by atoms with van der Waals surface area (Å²) in [6.07, 6.45) is 12.3. The number of hydrogen-bond acceptors (Lipinski definition) is 3. The number of carboxylic acids is 1. The predicted octanol–water partition coefficient (Wildman–Crippen LogP) is 2.64. The molecule has 2 atom stereocenters. The van der Waals surface area contributed by atoms with Gasteiger partial charge in [-0.1, -0.05) is 24.3 Å². The number of aromatic carboxylic acids is 1. The Balaban J connectivity index is 1.88. The highest BCUT2D eigenvalue weighted by molar-refractivity contribution is 5.87. The molecular formula is C21H25NO4. The SMILES string of the molecule is C#CCCC[C@H](O)/C=C/[C@H]1CCC(=O)N1CCc1ccc(C(=O)O)cc1. The minimum absolute atomic E-state index is 0.00285. The molecule has 138 valence electrons. The van der Waals surface area contributed by atoms with Crippen LogP contribution in [0.4, 0.5) is 0 Å². The summed E-state index contributed by atoms with van der Waals surface area (Å²) in [5, 5.41) is 18.9. The van der Waals surface area contributed by atoms with E-state index in [-0.39, 0.29) is 17.5 Å². The summed E-state index contributed by atoms with van der Waals surface area (Å²) in [6, 6.07) is 6.72. The van der Waals surface area contributed by atoms with Crippen molar-refractivity contribution in [1.82, 2.24) is 4.90 Å². The van der Waals surface area contributed by atoms with Gasteiger partial charge in [-0.2, -0.15) is 0 Å². The maximum absolute atomic E-state index is 12.1. The zero-order chi connectivity index (χ0) is 18.9. The van der Waals surface area contributed by atoms with Crippen LogP contribution in [-0.4, -0.2) is 45.7 Å². The Morgan fingerprint density at radius 2 is 2.12 bits per heavy atom. The number of carboxylic acid groups (broad SMARTS) is 1. The molecule has 2 rings (SSSR count). The Morgan fingerprint density at radius 3 is 2.77 bits per heavy atom. The Hall–Kier alpha value is -2.58. The zero-order valence-electron chi connectivity index (χ0n) is 14.8. The van der Waals surface area contributed by atoms with Gasteiger partial charge in [0.05, 0.1) is 17.7 Å². The molecule has 0 bridgehead atoms. The molecular weight excluding hydrogens is 330 g/mol. The van der Waals surface area contributed by atoms with E-state index in [2.05, 4.69) is 5.92 Å². The van der Waals surface area contributed by atoms with Crippen LogP contribution in [0.2, 0.25) is 0 Å². The van der Waals surface area contributed by atoms with Crippen molar-refractivity contribution in [3.63, 3.8) is 0 Å². The van der Waals surface area contributed by atoms with Gasteiger partial charge in [-0.15, -0.1) is 12.3 Å². The van der Waals surface area contributed by atoms with Crippen molar-refractivity contribution in [3.05, 3.63) is 47.5 Å². The van der Waals surface area contributed by atoms with Gasteiger partial charge in [0, 0.05) is 19.4 Å². The third kappa shape index (κ3) is 5.75. The first-order chi connectivity index (χ1) is 12.5. The second-order valence-corrected chi connectivity index (χ2v) is 6.49. The quantitative estimate of drug-likeness (QED) is 0.405. The van der Waals surface area contributed by atoms with Crippen LogP contribution in [0.5, 0.6) is 0 Å². The largest absolute Gasteiger partial charge is 0.478 e. The van der Waals surface area contributed by atoms with Gasteiger partial charge in [-0.3, -0.25) is 4.79 Å². The molecule has 0 radical (unpaired) electrons. The number of rotatable bonds is 9. The van der Waals surface area contributed by atoms with Crippen molar-refractivity contribution in [2.45, 2.75) is 50.7 Å². The van der Waals surface area contributed by atoms with Crippen LogP contribution in [-0.2, 0) is 11.2 Å². The zero-order valence-corrected chi connectivity index (χ0v) is 14.8. The summed E-state index contributed by atoms with van der Waals surface area (Å²) in [6.45, 7) is 0.577. The van der Waals surface area contributed by atoms with Crippen LogP contribution in [0.1, 0.15) is 48.0 Å². The number of carbonyl (C=O) groups is 2. The first-order valence-corrected chi connectivity index (χ1v) is 8.93. The van der Waals surface area contributed by atoms with Crippen LogP contribution >= 0.6 is 0 Å². The first kappa shape index (κ1) is 19.7. The van der Waals surface area contributed by atoms with Crippen molar-refractivity contribution in [1.29, 1.82) is 0 Å². The molecule has 0 spiro atoms. The Kier molecular flexibility index (Phi) is 7.43. The molecule has 1 aliphatic rings. The lowest BCUT2D eigenvalue weighted by Crippen LogP contribution is -2.33. The summed E-state index contributed by atoms with van der Waals surface area (Å²) >= 11 is 0. The summed E-state index contributed by atoms with van der Waals surface area (Å²) in [7, 11) is 0. The molecule has 1 aromatic rings. The molecule has 5 nitrogen and oxygen atoms in total. The highest BCUT2D eigenvalue weighted by atomic mass is 16.4. The molecule has 1 amide bonds. The molecule has 1 heterocycles. The number of amides is 1. The maximum Gasteiger partial charge on any atom is 0.335 e. The van der Waals surface area contributed by atoms with Gasteiger partial charge in [0.2, 0.25) is 5.91 Å². The van der Waals surface area contributed by atoms with Gasteiger partial charge in [-0.05, 0) is 43.4 Å². The fourth-order valence-corrected chi connectivity index (χ4v) is 3.08. The van der Waals surface area contributed by atoms with E-state index in [0.29, 0.717) is 32.2 Å². The number of benzene rings is 1. The molecule has 0 aliphatic carbocycles. The summed E-state index contributed by atoms with van der Waals surface area (Å²) in [5.74, 6) is 1.72. The summed E-state index contributed by atoms with van der Waals surface area (Å²) in [4.78, 5) is 24.8. The second-order valence-electron chi connectivity index (χ2n) is 6.49. The number of likely N-dealkylation sites (tertiary alicyclic amines) is 1. The van der Waals surface area contributed by atoms with Gasteiger partial charge in [0.25, 0.3) is 0 Å². The van der Waals surface area contributed by atoms with Crippen molar-refractivity contribution in [2.24, 2.45) is 0 Å². The number of carbonyl (C=O) groups excluding carboxylic acids is 1. The number of unbranched alkanes of at least 4 members (excludes halogenated alkanes) is 1. The van der Waals surface area contributed by atoms with Gasteiger partial charge in [-0.25, -0.2) is 4.79 Å². The average Bonchev–Trinajstić information content (AvgIpc) is 2.98. The highest BCUT2D eigenvalue weighted by Crippen LogP contribution is 2.21. The standard InChI is InChI=1S/C21H25NO4/c1-2-3-4-5-19(23)12-10-18-11-13-20(24)22(18)15-14-16-6-8-17(9-7-16)21(25)26/h1,6-10,12,18-19,23H,3-5,11,13-15H2,(H,25,26)/b12-10+/t18-,19-/m0/s1. The third-order valence-electron chi connectivity index (χ3n) is 4.59.